The molecule has 2 aromatic heterocycles. The van der Waals surface area contributed by atoms with E-state index in [1.54, 1.807) is 24.3 Å². The molecule has 48 heavy (non-hydrogen) atoms. The van der Waals surface area contributed by atoms with Gasteiger partial charge >= 0.3 is 0 Å². The van der Waals surface area contributed by atoms with E-state index < -0.39 is 11.9 Å². The Bertz CT molecular complexity index is 2290. The van der Waals surface area contributed by atoms with Crippen LogP contribution in [0.15, 0.2) is 72.8 Å². The number of carbonyl (C=O) groups excluding carboxylic acids is 3. The van der Waals surface area contributed by atoms with E-state index in [0.29, 0.717) is 51.5 Å². The molecule has 6 aromatic rings. The number of carbonyl (C=O) groups is 3. The predicted molar refractivity (Wildman–Crippen MR) is 174 cm³/mol. The highest BCUT2D eigenvalue weighted by atomic mass is 19.1. The van der Waals surface area contributed by atoms with Gasteiger partial charge in [0, 0.05) is 56.3 Å². The van der Waals surface area contributed by atoms with Crippen molar-refractivity contribution in [3.63, 3.8) is 0 Å². The van der Waals surface area contributed by atoms with Gasteiger partial charge in [0.1, 0.15) is 23.1 Å². The molecule has 0 aliphatic carbocycles. The fourth-order valence-corrected chi connectivity index (χ4v) is 6.65. The van der Waals surface area contributed by atoms with E-state index in [2.05, 4.69) is 20.6 Å². The molecule has 2 aliphatic rings. The molecular formula is C36H29F2N5O5. The third-order valence-corrected chi connectivity index (χ3v) is 8.62. The van der Waals surface area contributed by atoms with Crippen molar-refractivity contribution in [1.82, 2.24) is 25.5 Å². The molecule has 0 bridgehead atoms. The Morgan fingerprint density at radius 1 is 0.708 bits per heavy atom. The van der Waals surface area contributed by atoms with Gasteiger partial charge in [-0.25, -0.2) is 8.78 Å². The third-order valence-electron chi connectivity index (χ3n) is 8.62. The van der Waals surface area contributed by atoms with Crippen LogP contribution in [0.4, 0.5) is 8.78 Å². The van der Waals surface area contributed by atoms with Crippen LogP contribution in [0.1, 0.15) is 71.2 Å². The SMILES string of the molecule is CN(C)Cc1[nH]c2cc(F)ccc2c1C1NC(=O)c2ccc(O)cc21.O=Cc1[nH]c2cc(F)ccc2c1C1NC(=O)c2ccc(O)cc21. The first-order valence-corrected chi connectivity index (χ1v) is 15.0. The summed E-state index contributed by atoms with van der Waals surface area (Å²) in [5.74, 6) is -1.05. The molecule has 12 heteroatoms. The number of H-pyrrole nitrogens is 2. The first kappa shape index (κ1) is 30.6. The maximum Gasteiger partial charge on any atom is 0.252 e. The zero-order valence-electron chi connectivity index (χ0n) is 25.7. The number of aromatic nitrogens is 2. The van der Waals surface area contributed by atoms with Crippen molar-refractivity contribution in [3.05, 3.63) is 129 Å². The lowest BCUT2D eigenvalue weighted by Gasteiger charge is -2.16. The molecule has 0 saturated heterocycles. The average Bonchev–Trinajstić information content (AvgIpc) is 3.76. The lowest BCUT2D eigenvalue weighted by Crippen LogP contribution is -2.22. The molecule has 0 fully saturated rings. The van der Waals surface area contributed by atoms with Crippen molar-refractivity contribution in [2.45, 2.75) is 18.6 Å². The summed E-state index contributed by atoms with van der Waals surface area (Å²) in [6.07, 6.45) is 0.639. The van der Waals surface area contributed by atoms with Crippen molar-refractivity contribution in [3.8, 4) is 11.5 Å². The number of benzene rings is 4. The number of aromatic hydroxyl groups is 2. The van der Waals surface area contributed by atoms with Crippen molar-refractivity contribution in [2.24, 2.45) is 0 Å². The highest BCUT2D eigenvalue weighted by molar-refractivity contribution is 6.03. The van der Waals surface area contributed by atoms with Crippen LogP contribution < -0.4 is 10.6 Å². The Balaban J connectivity index is 0.000000152. The number of aldehydes is 1. The molecule has 0 radical (unpaired) electrons. The van der Waals surface area contributed by atoms with Crippen molar-refractivity contribution in [2.75, 3.05) is 14.1 Å². The smallest absolute Gasteiger partial charge is 0.252 e. The molecule has 10 nitrogen and oxygen atoms in total. The van der Waals surface area contributed by atoms with Crippen LogP contribution in [0, 0.1) is 11.6 Å². The molecular weight excluding hydrogens is 620 g/mol. The molecule has 2 unspecified atom stereocenters. The molecule has 2 atom stereocenters. The summed E-state index contributed by atoms with van der Waals surface area (Å²) in [4.78, 5) is 44.0. The van der Waals surface area contributed by atoms with Gasteiger partial charge in [-0.05, 0) is 98.0 Å². The number of hydrogen-bond donors (Lipinski definition) is 6. The second kappa shape index (κ2) is 11.7. The average molecular weight is 650 g/mol. The molecule has 4 heterocycles. The fourth-order valence-electron chi connectivity index (χ4n) is 6.65. The molecule has 2 aliphatic heterocycles. The summed E-state index contributed by atoms with van der Waals surface area (Å²) in [6.45, 7) is 0.617. The maximum absolute atomic E-state index is 13.6. The van der Waals surface area contributed by atoms with Gasteiger partial charge in [0.2, 0.25) is 0 Å². The van der Waals surface area contributed by atoms with Gasteiger partial charge in [-0.1, -0.05) is 0 Å². The van der Waals surface area contributed by atoms with Crippen molar-refractivity contribution < 1.29 is 33.4 Å². The van der Waals surface area contributed by atoms with Crippen LogP contribution >= 0.6 is 0 Å². The summed E-state index contributed by atoms with van der Waals surface area (Å²) in [7, 11) is 3.89. The molecule has 6 N–H and O–H groups in total. The van der Waals surface area contributed by atoms with E-state index >= 15 is 0 Å². The van der Waals surface area contributed by atoms with Crippen LogP contribution in [0.3, 0.4) is 0 Å². The number of halogens is 2. The summed E-state index contributed by atoms with van der Waals surface area (Å²) in [5, 5.41) is 26.9. The van der Waals surface area contributed by atoms with E-state index in [0.717, 1.165) is 22.2 Å². The van der Waals surface area contributed by atoms with Gasteiger partial charge in [-0.3, -0.25) is 14.4 Å². The number of rotatable bonds is 5. The molecule has 2 amide bonds. The third kappa shape index (κ3) is 5.21. The van der Waals surface area contributed by atoms with Gasteiger partial charge in [0.15, 0.2) is 6.29 Å². The maximum atomic E-state index is 13.6. The van der Waals surface area contributed by atoms with Crippen molar-refractivity contribution in [1.29, 1.82) is 0 Å². The largest absolute Gasteiger partial charge is 0.508 e. The standard InChI is InChI=1S/C19H18FN3O2.C17H11FN2O3/c1-23(2)9-16-17(13-5-3-10(20)7-15(13)21-16)18-14-8-11(24)4-6-12(14)19(25)22-18;18-8-1-3-11-13(5-8)19-14(7-21)15(11)16-12-6-9(22)2-4-10(12)17(23)20-16/h3-8,18,21,24H,9H2,1-2H3,(H,22,25);1-7,16,19,22H,(H,20,23). The fraction of sp³-hybridized carbons (Fsp3) is 0.139. The predicted octanol–water partition coefficient (Wildman–Crippen LogP) is 5.56. The number of fused-ring (bicyclic) bond motifs is 4. The first-order chi connectivity index (χ1) is 23.0. The molecule has 0 spiro atoms. The lowest BCUT2D eigenvalue weighted by atomic mass is 9.95. The highest BCUT2D eigenvalue weighted by Gasteiger charge is 2.35. The number of nitrogens with one attached hydrogen (secondary N) is 4. The second-order valence-corrected chi connectivity index (χ2v) is 12.1. The number of amides is 2. The Labute approximate surface area is 272 Å². The van der Waals surface area contributed by atoms with E-state index in [1.165, 1.54) is 48.5 Å². The monoisotopic (exact) mass is 649 g/mol. The van der Waals surface area contributed by atoms with Gasteiger partial charge in [0.05, 0.1) is 17.8 Å². The summed E-state index contributed by atoms with van der Waals surface area (Å²) in [5.41, 5.74) is 6.13. The van der Waals surface area contributed by atoms with Gasteiger partial charge in [-0.2, -0.15) is 0 Å². The van der Waals surface area contributed by atoms with E-state index in [9.17, 15) is 33.4 Å². The number of phenols is 2. The molecule has 4 aromatic carbocycles. The lowest BCUT2D eigenvalue weighted by molar-refractivity contribution is 0.0952. The zero-order valence-corrected chi connectivity index (χ0v) is 25.7. The normalized spacial score (nSPS) is 16.4. The van der Waals surface area contributed by atoms with Crippen molar-refractivity contribution >= 4 is 39.9 Å². The minimum atomic E-state index is -0.580. The van der Waals surface area contributed by atoms with Gasteiger partial charge in [0.25, 0.3) is 11.8 Å². The first-order valence-electron chi connectivity index (χ1n) is 15.0. The summed E-state index contributed by atoms with van der Waals surface area (Å²) in [6, 6.07) is 17.0. The minimum Gasteiger partial charge on any atom is -0.508 e. The summed E-state index contributed by atoms with van der Waals surface area (Å²) < 4.78 is 27.0. The van der Waals surface area contributed by atoms with Crippen LogP contribution in [0.25, 0.3) is 21.8 Å². The molecule has 242 valence electrons. The Kier molecular flexibility index (Phi) is 7.44. The van der Waals surface area contributed by atoms with E-state index in [4.69, 9.17) is 0 Å². The topological polar surface area (TPSA) is 151 Å². The number of phenolic OH excluding ortho intramolecular Hbond substituents is 2. The van der Waals surface area contributed by atoms with E-state index in [-0.39, 0.29) is 40.9 Å². The van der Waals surface area contributed by atoms with Crippen LogP contribution in [0.5, 0.6) is 11.5 Å². The molecule has 0 saturated carbocycles. The molecule has 8 rings (SSSR count). The Hall–Kier alpha value is -6.01. The Morgan fingerprint density at radius 2 is 1.21 bits per heavy atom. The van der Waals surface area contributed by atoms with Crippen LogP contribution in [-0.2, 0) is 6.54 Å². The second-order valence-electron chi connectivity index (χ2n) is 12.1. The number of nitrogens with zero attached hydrogens (tertiary/aromatic N) is 1. The number of aromatic amines is 2. The summed E-state index contributed by atoms with van der Waals surface area (Å²) >= 11 is 0. The highest BCUT2D eigenvalue weighted by Crippen LogP contribution is 2.40. The Morgan fingerprint density at radius 3 is 1.73 bits per heavy atom. The van der Waals surface area contributed by atoms with Crippen LogP contribution in [0.2, 0.25) is 0 Å². The van der Waals surface area contributed by atoms with E-state index in [1.807, 2.05) is 19.0 Å². The number of hydrogen-bond acceptors (Lipinski definition) is 6. The van der Waals surface area contributed by atoms with Crippen LogP contribution in [-0.4, -0.2) is 57.3 Å². The quantitative estimate of drug-likeness (QED) is 0.135. The van der Waals surface area contributed by atoms with Gasteiger partial charge < -0.3 is 35.7 Å². The van der Waals surface area contributed by atoms with Gasteiger partial charge in [-0.15, -0.1) is 0 Å². The minimum absolute atomic E-state index is 0.0313. The zero-order chi connectivity index (χ0) is 33.9.